The average Bonchev–Trinajstić information content (AvgIpc) is 2.59. The van der Waals surface area contributed by atoms with Crippen LogP contribution in [-0.4, -0.2) is 65.7 Å². The van der Waals surface area contributed by atoms with E-state index in [1.54, 1.807) is 6.92 Å². The second kappa shape index (κ2) is 5.70. The first-order chi connectivity index (χ1) is 7.80. The van der Waals surface area contributed by atoms with Crippen molar-refractivity contribution in [2.45, 2.75) is 18.6 Å². The van der Waals surface area contributed by atoms with E-state index >= 15 is 0 Å². The Kier molecular flexibility index (Phi) is 4.79. The summed E-state index contributed by atoms with van der Waals surface area (Å²) in [4.78, 5) is 24.4. The molecule has 0 spiro atoms. The van der Waals surface area contributed by atoms with Crippen molar-refractivity contribution in [2.24, 2.45) is 0 Å². The third kappa shape index (κ3) is 4.93. The molecule has 7 heteroatoms. The van der Waals surface area contributed by atoms with Gasteiger partial charge in [0.1, 0.15) is 6.04 Å². The summed E-state index contributed by atoms with van der Waals surface area (Å²) in [5.41, 5.74) is -0.977. The molecule has 2 unspecified atom stereocenters. The van der Waals surface area contributed by atoms with E-state index in [-0.39, 0.29) is 17.7 Å². The fourth-order valence-electron chi connectivity index (χ4n) is 1.66. The lowest BCUT2D eigenvalue weighted by molar-refractivity contribution is -0.123. The van der Waals surface area contributed by atoms with E-state index in [0.29, 0.717) is 12.3 Å². The van der Waals surface area contributed by atoms with E-state index in [9.17, 15) is 14.7 Å². The number of aliphatic hydroxyl groups is 1. The van der Waals surface area contributed by atoms with Crippen LogP contribution in [0.15, 0.2) is 0 Å². The SMILES string of the molecule is CN(C)CC(C)(O)CNC(=O)C1CSC(=O)N1. The van der Waals surface area contributed by atoms with Crippen molar-refractivity contribution < 1.29 is 14.7 Å². The molecular weight excluding hydrogens is 242 g/mol. The van der Waals surface area contributed by atoms with Crippen LogP contribution in [0.5, 0.6) is 0 Å². The van der Waals surface area contributed by atoms with E-state index in [0.717, 1.165) is 11.8 Å². The Morgan fingerprint density at radius 3 is 2.82 bits per heavy atom. The summed E-state index contributed by atoms with van der Waals surface area (Å²) in [5, 5.41) is 15.0. The number of likely N-dealkylation sites (N-methyl/N-ethyl adjacent to an activating group) is 1. The number of hydrogen-bond donors (Lipinski definition) is 3. The van der Waals surface area contributed by atoms with Crippen molar-refractivity contribution >= 4 is 22.9 Å². The zero-order chi connectivity index (χ0) is 13.1. The van der Waals surface area contributed by atoms with Gasteiger partial charge in [-0.15, -0.1) is 0 Å². The summed E-state index contributed by atoms with van der Waals surface area (Å²) in [7, 11) is 3.70. The van der Waals surface area contributed by atoms with Crippen molar-refractivity contribution in [1.29, 1.82) is 0 Å². The lowest BCUT2D eigenvalue weighted by Crippen LogP contribution is -2.51. The molecular formula is C10H19N3O3S. The number of hydrogen-bond acceptors (Lipinski definition) is 5. The molecule has 0 saturated carbocycles. The molecule has 0 aromatic rings. The molecule has 0 radical (unpaired) electrons. The van der Waals surface area contributed by atoms with Crippen LogP contribution >= 0.6 is 11.8 Å². The van der Waals surface area contributed by atoms with Gasteiger partial charge in [-0.2, -0.15) is 0 Å². The number of rotatable bonds is 5. The van der Waals surface area contributed by atoms with Gasteiger partial charge in [-0.25, -0.2) is 0 Å². The van der Waals surface area contributed by atoms with Gasteiger partial charge in [0.2, 0.25) is 5.91 Å². The maximum Gasteiger partial charge on any atom is 0.279 e. The molecule has 6 nitrogen and oxygen atoms in total. The fourth-order valence-corrected chi connectivity index (χ4v) is 2.44. The summed E-state index contributed by atoms with van der Waals surface area (Å²) in [6.07, 6.45) is 0. The fraction of sp³-hybridized carbons (Fsp3) is 0.800. The van der Waals surface area contributed by atoms with Gasteiger partial charge in [-0.3, -0.25) is 9.59 Å². The Labute approximate surface area is 105 Å². The third-order valence-electron chi connectivity index (χ3n) is 2.29. The van der Waals surface area contributed by atoms with E-state index in [1.165, 1.54) is 0 Å². The first-order valence-electron chi connectivity index (χ1n) is 5.38. The highest BCUT2D eigenvalue weighted by atomic mass is 32.2. The molecule has 17 heavy (non-hydrogen) atoms. The number of carbonyl (C=O) groups is 2. The lowest BCUT2D eigenvalue weighted by Gasteiger charge is -2.27. The number of nitrogens with zero attached hydrogens (tertiary/aromatic N) is 1. The van der Waals surface area contributed by atoms with Gasteiger partial charge in [0.05, 0.1) is 5.60 Å². The van der Waals surface area contributed by atoms with Gasteiger partial charge in [0.15, 0.2) is 0 Å². The van der Waals surface area contributed by atoms with Crippen LogP contribution in [0.1, 0.15) is 6.92 Å². The summed E-state index contributed by atoms with van der Waals surface area (Å²) in [6, 6.07) is -0.484. The number of carbonyl (C=O) groups excluding carboxylic acids is 2. The Hall–Kier alpha value is -0.790. The third-order valence-corrected chi connectivity index (χ3v) is 3.17. The minimum absolute atomic E-state index is 0.168. The molecule has 0 bridgehead atoms. The Morgan fingerprint density at radius 1 is 1.71 bits per heavy atom. The largest absolute Gasteiger partial charge is 0.387 e. The zero-order valence-electron chi connectivity index (χ0n) is 10.3. The molecule has 1 aliphatic rings. The van der Waals surface area contributed by atoms with Gasteiger partial charge in [0, 0.05) is 18.8 Å². The van der Waals surface area contributed by atoms with Gasteiger partial charge in [0.25, 0.3) is 5.24 Å². The standard InChI is InChI=1S/C10H19N3O3S/c1-10(16,6-13(2)3)5-11-8(14)7-4-17-9(15)12-7/h7,16H,4-6H2,1-3H3,(H,11,14)(H,12,15). The molecule has 2 atom stereocenters. The molecule has 1 aliphatic heterocycles. The maximum atomic E-state index is 11.7. The quantitative estimate of drug-likeness (QED) is 0.606. The van der Waals surface area contributed by atoms with E-state index in [2.05, 4.69) is 10.6 Å². The maximum absolute atomic E-state index is 11.7. The Balaban J connectivity index is 2.34. The second-order valence-corrected chi connectivity index (χ2v) is 5.74. The van der Waals surface area contributed by atoms with Crippen LogP contribution in [0, 0.1) is 0 Å². The molecule has 0 aromatic carbocycles. The zero-order valence-corrected chi connectivity index (χ0v) is 11.1. The molecule has 0 aromatic heterocycles. The monoisotopic (exact) mass is 261 g/mol. The summed E-state index contributed by atoms with van der Waals surface area (Å²) >= 11 is 1.10. The van der Waals surface area contributed by atoms with Crippen LogP contribution in [0.2, 0.25) is 0 Å². The minimum atomic E-state index is -0.977. The van der Waals surface area contributed by atoms with Gasteiger partial charge in [-0.05, 0) is 21.0 Å². The summed E-state index contributed by atoms with van der Waals surface area (Å²) < 4.78 is 0. The van der Waals surface area contributed by atoms with Crippen LogP contribution in [0.3, 0.4) is 0 Å². The molecule has 1 saturated heterocycles. The molecule has 3 N–H and O–H groups in total. The van der Waals surface area contributed by atoms with Gasteiger partial charge >= 0.3 is 0 Å². The Morgan fingerprint density at radius 2 is 2.35 bits per heavy atom. The molecule has 1 heterocycles. The van der Waals surface area contributed by atoms with E-state index in [1.807, 2.05) is 19.0 Å². The normalized spacial score (nSPS) is 23.4. The Bertz CT molecular complexity index is 307. The van der Waals surface area contributed by atoms with Crippen LogP contribution < -0.4 is 10.6 Å². The highest BCUT2D eigenvalue weighted by Crippen LogP contribution is 2.13. The predicted molar refractivity (Wildman–Crippen MR) is 67.0 cm³/mol. The topological polar surface area (TPSA) is 81.7 Å². The predicted octanol–water partition coefficient (Wildman–Crippen LogP) is -0.760. The van der Waals surface area contributed by atoms with Crippen LogP contribution in [0.4, 0.5) is 4.79 Å². The van der Waals surface area contributed by atoms with Crippen LogP contribution in [-0.2, 0) is 4.79 Å². The molecule has 1 rings (SSSR count). The number of amides is 2. The molecule has 98 valence electrons. The number of nitrogens with one attached hydrogen (secondary N) is 2. The van der Waals surface area contributed by atoms with Crippen molar-refractivity contribution in [2.75, 3.05) is 32.9 Å². The lowest BCUT2D eigenvalue weighted by atomic mass is 10.1. The van der Waals surface area contributed by atoms with Crippen molar-refractivity contribution in [3.8, 4) is 0 Å². The summed E-state index contributed by atoms with van der Waals surface area (Å²) in [5.74, 6) is 0.197. The van der Waals surface area contributed by atoms with Crippen LogP contribution in [0.25, 0.3) is 0 Å². The second-order valence-electron chi connectivity index (χ2n) is 4.75. The van der Waals surface area contributed by atoms with Crippen molar-refractivity contribution in [3.05, 3.63) is 0 Å². The minimum Gasteiger partial charge on any atom is -0.387 e. The first kappa shape index (κ1) is 14.3. The van der Waals surface area contributed by atoms with Gasteiger partial charge in [-0.1, -0.05) is 11.8 Å². The first-order valence-corrected chi connectivity index (χ1v) is 6.37. The van der Waals surface area contributed by atoms with Crippen molar-refractivity contribution in [3.63, 3.8) is 0 Å². The number of thioether (sulfide) groups is 1. The molecule has 2 amide bonds. The molecule has 1 fully saturated rings. The highest BCUT2D eigenvalue weighted by Gasteiger charge is 2.29. The van der Waals surface area contributed by atoms with E-state index in [4.69, 9.17) is 0 Å². The smallest absolute Gasteiger partial charge is 0.279 e. The van der Waals surface area contributed by atoms with E-state index < -0.39 is 11.6 Å². The van der Waals surface area contributed by atoms with Gasteiger partial charge < -0.3 is 20.6 Å². The molecule has 0 aliphatic carbocycles. The highest BCUT2D eigenvalue weighted by molar-refractivity contribution is 8.14. The van der Waals surface area contributed by atoms with Crippen molar-refractivity contribution in [1.82, 2.24) is 15.5 Å². The summed E-state index contributed by atoms with van der Waals surface area (Å²) in [6.45, 7) is 2.29. The average molecular weight is 261 g/mol.